The molecule has 2 atom stereocenters. The molecule has 0 aromatic carbocycles. The minimum absolute atomic E-state index is 0.695. The van der Waals surface area contributed by atoms with Gasteiger partial charge < -0.3 is 4.12 Å². The van der Waals surface area contributed by atoms with Gasteiger partial charge in [0.2, 0.25) is 9.76 Å². The second kappa shape index (κ2) is 3.41. The SMILES string of the molecule is CCC1CC1[Si](C)(C)O[Si]C. The fourth-order valence-electron chi connectivity index (χ4n) is 1.89. The predicted molar refractivity (Wildman–Crippen MR) is 52.3 cm³/mol. The van der Waals surface area contributed by atoms with Crippen molar-refractivity contribution in [2.45, 2.75) is 44.9 Å². The Morgan fingerprint density at radius 3 is 2.55 bits per heavy atom. The van der Waals surface area contributed by atoms with Crippen LogP contribution in [-0.2, 0) is 4.12 Å². The van der Waals surface area contributed by atoms with Crippen LogP contribution in [0.5, 0.6) is 0 Å². The van der Waals surface area contributed by atoms with Gasteiger partial charge in [-0.2, -0.15) is 0 Å². The van der Waals surface area contributed by atoms with Gasteiger partial charge in [-0.05, 0) is 37.5 Å². The lowest BCUT2D eigenvalue weighted by molar-refractivity contribution is 0.580. The second-order valence-electron chi connectivity index (χ2n) is 3.92. The molecule has 1 saturated carbocycles. The number of hydrogen-bond acceptors (Lipinski definition) is 1. The Morgan fingerprint density at radius 2 is 2.18 bits per heavy atom. The summed E-state index contributed by atoms with van der Waals surface area (Å²) in [5, 5.41) is 0. The third-order valence-electron chi connectivity index (χ3n) is 2.71. The van der Waals surface area contributed by atoms with Gasteiger partial charge in [-0.15, -0.1) is 0 Å². The molecule has 0 aromatic rings. The molecule has 1 aliphatic rings. The minimum atomic E-state index is -1.24. The second-order valence-corrected chi connectivity index (χ2v) is 9.09. The molecule has 2 unspecified atom stereocenters. The maximum atomic E-state index is 5.85. The summed E-state index contributed by atoms with van der Waals surface area (Å²) < 4.78 is 5.85. The Kier molecular flexibility index (Phi) is 2.94. The zero-order valence-corrected chi connectivity index (χ0v) is 9.98. The van der Waals surface area contributed by atoms with Crippen LogP contribution in [0.2, 0.25) is 25.2 Å². The molecule has 1 aliphatic carbocycles. The molecule has 0 aromatic heterocycles. The highest BCUT2D eigenvalue weighted by Crippen LogP contribution is 2.53. The van der Waals surface area contributed by atoms with Crippen LogP contribution in [0.15, 0.2) is 0 Å². The van der Waals surface area contributed by atoms with Gasteiger partial charge in [0.15, 0.2) is 8.32 Å². The maximum Gasteiger partial charge on any atom is 0.211 e. The summed E-state index contributed by atoms with van der Waals surface area (Å²) in [6, 6.07) is 0. The van der Waals surface area contributed by atoms with Crippen LogP contribution in [-0.4, -0.2) is 18.1 Å². The van der Waals surface area contributed by atoms with E-state index in [1.165, 1.54) is 12.8 Å². The van der Waals surface area contributed by atoms with Crippen LogP contribution in [0, 0.1) is 5.92 Å². The highest BCUT2D eigenvalue weighted by molar-refractivity contribution is 6.77. The molecule has 1 rings (SSSR count). The average Bonchev–Trinajstić information content (AvgIpc) is 2.65. The summed E-state index contributed by atoms with van der Waals surface area (Å²) in [5.74, 6) is 1.01. The normalized spacial score (nSPS) is 30.5. The zero-order valence-electron chi connectivity index (χ0n) is 7.98. The van der Waals surface area contributed by atoms with Gasteiger partial charge in [0.05, 0.1) is 0 Å². The molecule has 64 valence electrons. The summed E-state index contributed by atoms with van der Waals surface area (Å²) in [7, 11) is -0.546. The van der Waals surface area contributed by atoms with Crippen LogP contribution >= 0.6 is 0 Å². The van der Waals surface area contributed by atoms with Crippen LogP contribution in [0.1, 0.15) is 19.8 Å². The molecule has 0 N–H and O–H groups in total. The van der Waals surface area contributed by atoms with Crippen molar-refractivity contribution in [2.24, 2.45) is 5.92 Å². The molecule has 0 spiro atoms. The molecule has 1 fully saturated rings. The quantitative estimate of drug-likeness (QED) is 0.613. The van der Waals surface area contributed by atoms with Gasteiger partial charge in [-0.3, -0.25) is 0 Å². The molecule has 0 saturated heterocycles. The van der Waals surface area contributed by atoms with Crippen molar-refractivity contribution in [3.05, 3.63) is 0 Å². The van der Waals surface area contributed by atoms with Gasteiger partial charge >= 0.3 is 0 Å². The van der Waals surface area contributed by atoms with E-state index in [1.54, 1.807) is 0 Å². The number of hydrogen-bond donors (Lipinski definition) is 0. The Morgan fingerprint density at radius 1 is 1.55 bits per heavy atom. The molecular formula is C8H18OSi2. The standard InChI is InChI=1S/C8H18OSi2/c1-5-7-6-8(7)11(3,4)9-10-2/h7-8H,5-6H2,1-4H3. The highest BCUT2D eigenvalue weighted by Gasteiger charge is 2.48. The van der Waals surface area contributed by atoms with E-state index in [4.69, 9.17) is 4.12 Å². The van der Waals surface area contributed by atoms with E-state index in [0.29, 0.717) is 9.76 Å². The third kappa shape index (κ3) is 2.16. The van der Waals surface area contributed by atoms with E-state index in [9.17, 15) is 0 Å². The van der Waals surface area contributed by atoms with Crippen LogP contribution in [0.4, 0.5) is 0 Å². The lowest BCUT2D eigenvalue weighted by Crippen LogP contribution is -2.32. The Hall–Kier alpha value is 0.394. The van der Waals surface area contributed by atoms with E-state index >= 15 is 0 Å². The Labute approximate surface area is 73.6 Å². The van der Waals surface area contributed by atoms with Crippen molar-refractivity contribution in [2.75, 3.05) is 0 Å². The smallest absolute Gasteiger partial charge is 0.211 e. The first-order valence-electron chi connectivity index (χ1n) is 4.46. The van der Waals surface area contributed by atoms with Crippen LogP contribution < -0.4 is 0 Å². The van der Waals surface area contributed by atoms with Crippen molar-refractivity contribution in [3.63, 3.8) is 0 Å². The van der Waals surface area contributed by atoms with E-state index in [1.807, 2.05) is 0 Å². The largest absolute Gasteiger partial charge is 0.456 e. The topological polar surface area (TPSA) is 9.23 Å². The summed E-state index contributed by atoms with van der Waals surface area (Å²) >= 11 is 0. The lowest BCUT2D eigenvalue weighted by Gasteiger charge is -2.22. The van der Waals surface area contributed by atoms with E-state index in [2.05, 4.69) is 26.6 Å². The molecule has 2 radical (unpaired) electrons. The molecule has 0 amide bonds. The highest BCUT2D eigenvalue weighted by atomic mass is 28.4. The Bertz CT molecular complexity index is 136. The maximum absolute atomic E-state index is 5.85. The molecule has 11 heavy (non-hydrogen) atoms. The van der Waals surface area contributed by atoms with E-state index in [-0.39, 0.29) is 0 Å². The van der Waals surface area contributed by atoms with Gasteiger partial charge in [0.1, 0.15) is 0 Å². The summed E-state index contributed by atoms with van der Waals surface area (Å²) in [6.07, 6.45) is 2.80. The Balaban J connectivity index is 2.35. The minimum Gasteiger partial charge on any atom is -0.456 e. The fourth-order valence-corrected chi connectivity index (χ4v) is 6.84. The molecule has 3 heteroatoms. The first kappa shape index (κ1) is 9.48. The van der Waals surface area contributed by atoms with Gasteiger partial charge in [0.25, 0.3) is 0 Å². The summed E-state index contributed by atoms with van der Waals surface area (Å²) in [6.45, 7) is 9.16. The summed E-state index contributed by atoms with van der Waals surface area (Å²) in [4.78, 5) is 0. The third-order valence-corrected chi connectivity index (χ3v) is 8.12. The monoisotopic (exact) mass is 186 g/mol. The van der Waals surface area contributed by atoms with Crippen LogP contribution in [0.3, 0.4) is 0 Å². The molecular weight excluding hydrogens is 168 g/mol. The fraction of sp³-hybridized carbons (Fsp3) is 1.00. The van der Waals surface area contributed by atoms with Crippen molar-refractivity contribution in [3.8, 4) is 0 Å². The van der Waals surface area contributed by atoms with E-state index < -0.39 is 8.32 Å². The molecule has 1 nitrogen and oxygen atoms in total. The predicted octanol–water partition coefficient (Wildman–Crippen LogP) is 2.68. The summed E-state index contributed by atoms with van der Waals surface area (Å²) in [5.41, 5.74) is 0.972. The van der Waals surface area contributed by atoms with Gasteiger partial charge in [0, 0.05) is 0 Å². The van der Waals surface area contributed by atoms with E-state index in [0.717, 1.165) is 11.5 Å². The molecule has 0 bridgehead atoms. The van der Waals surface area contributed by atoms with Crippen molar-refractivity contribution >= 4 is 18.1 Å². The molecule has 0 heterocycles. The molecule has 0 aliphatic heterocycles. The van der Waals surface area contributed by atoms with Crippen LogP contribution in [0.25, 0.3) is 0 Å². The van der Waals surface area contributed by atoms with Crippen molar-refractivity contribution in [1.29, 1.82) is 0 Å². The first-order chi connectivity index (χ1) is 5.11. The van der Waals surface area contributed by atoms with Crippen molar-refractivity contribution < 1.29 is 4.12 Å². The first-order valence-corrected chi connectivity index (χ1v) is 8.86. The average molecular weight is 186 g/mol. The van der Waals surface area contributed by atoms with Crippen molar-refractivity contribution in [1.82, 2.24) is 0 Å². The zero-order chi connectivity index (χ0) is 8.48. The van der Waals surface area contributed by atoms with Gasteiger partial charge in [-0.1, -0.05) is 13.3 Å². The van der Waals surface area contributed by atoms with Gasteiger partial charge in [-0.25, -0.2) is 0 Å². The lowest BCUT2D eigenvalue weighted by atomic mass is 10.3. The number of rotatable bonds is 4.